The van der Waals surface area contributed by atoms with Crippen LogP contribution in [0.25, 0.3) is 21.6 Å². The van der Waals surface area contributed by atoms with Gasteiger partial charge in [-0.25, -0.2) is 9.55 Å². The molecule has 4 rings (SSSR count). The number of hydrogen-bond donors (Lipinski definition) is 4. The molecular formula is C22H28N9O8P. The number of carbonyl (C=O) groups is 1. The van der Waals surface area contributed by atoms with Crippen LogP contribution in [0.2, 0.25) is 0 Å². The van der Waals surface area contributed by atoms with E-state index >= 15 is 0 Å². The average Bonchev–Trinajstić information content (AvgIpc) is 3.44. The van der Waals surface area contributed by atoms with Crippen molar-refractivity contribution in [2.75, 3.05) is 12.3 Å². The highest BCUT2D eigenvalue weighted by atomic mass is 31.2. The molecule has 3 heterocycles. The Morgan fingerprint density at radius 1 is 1.38 bits per heavy atom. The standard InChI is InChI=1S/C22H28N9O8P/c1-11(2)37-21(34)12(3)29-40(35,39-13-7-5-4-6-8-13)36-9-14-17(32)15(28-30-24)20(38-14)31-10-25-16-18(31)26-22(23)27-19(16)33/h4-8,10-12,14-15,17,20,32H,9H2,1-3H3,(H,29,35)(H3,23,26,27,33)/t12-,14+,15?,17+,20+,40?/m0/s1. The summed E-state index contributed by atoms with van der Waals surface area (Å²) in [5.41, 5.74) is 14.1. The predicted octanol–water partition coefficient (Wildman–Crippen LogP) is 1.77. The third-order valence-electron chi connectivity index (χ3n) is 5.68. The Balaban J connectivity index is 1.58. The first kappa shape index (κ1) is 29.0. The van der Waals surface area contributed by atoms with Gasteiger partial charge in [0.1, 0.15) is 30.2 Å². The molecule has 17 nitrogen and oxygen atoms in total. The number of aliphatic hydroxyl groups excluding tert-OH is 1. The molecule has 6 atom stereocenters. The number of anilines is 1. The van der Waals surface area contributed by atoms with Crippen LogP contribution in [0.15, 0.2) is 46.6 Å². The summed E-state index contributed by atoms with van der Waals surface area (Å²) >= 11 is 0. The van der Waals surface area contributed by atoms with Crippen LogP contribution in [-0.4, -0.2) is 67.6 Å². The Morgan fingerprint density at radius 3 is 2.77 bits per heavy atom. The minimum Gasteiger partial charge on any atom is -0.462 e. The van der Waals surface area contributed by atoms with Crippen molar-refractivity contribution >= 4 is 30.8 Å². The maximum atomic E-state index is 13.8. The maximum Gasteiger partial charge on any atom is 0.459 e. The number of para-hydroxylation sites is 1. The van der Waals surface area contributed by atoms with Crippen LogP contribution in [-0.2, 0) is 23.4 Å². The van der Waals surface area contributed by atoms with Gasteiger partial charge in [0.15, 0.2) is 11.2 Å². The fraction of sp³-hybridized carbons (Fsp3) is 0.455. The highest BCUT2D eigenvalue weighted by molar-refractivity contribution is 7.52. The molecule has 0 spiro atoms. The molecule has 1 aliphatic heterocycles. The number of ether oxygens (including phenoxy) is 2. The van der Waals surface area contributed by atoms with E-state index in [0.29, 0.717) is 0 Å². The number of rotatable bonds is 11. The summed E-state index contributed by atoms with van der Waals surface area (Å²) in [5, 5.41) is 17.1. The number of aromatic amines is 1. The van der Waals surface area contributed by atoms with Gasteiger partial charge in [0.2, 0.25) is 5.95 Å². The summed E-state index contributed by atoms with van der Waals surface area (Å²) in [6.07, 6.45) is -3.03. The van der Waals surface area contributed by atoms with Gasteiger partial charge in [0.05, 0.1) is 25.1 Å². The van der Waals surface area contributed by atoms with Gasteiger partial charge in [0, 0.05) is 4.91 Å². The number of imidazole rings is 1. The molecule has 1 saturated heterocycles. The van der Waals surface area contributed by atoms with E-state index in [4.69, 9.17) is 29.8 Å². The SMILES string of the molecule is CC(C)OC(=O)[C@H](C)NP(=O)(OC[C@H]1O[C@@H](n2cnc3c(=O)[nH]c(N)nc32)C(N=[N+]=[N-])[C@@H]1O)Oc1ccccc1. The third kappa shape index (κ3) is 6.42. The van der Waals surface area contributed by atoms with Gasteiger partial charge in [0.25, 0.3) is 5.56 Å². The summed E-state index contributed by atoms with van der Waals surface area (Å²) in [6.45, 7) is 4.23. The number of H-pyrrole nitrogens is 1. The molecule has 40 heavy (non-hydrogen) atoms. The molecule has 2 unspecified atom stereocenters. The molecule has 5 N–H and O–H groups in total. The number of aromatic nitrogens is 4. The lowest BCUT2D eigenvalue weighted by Gasteiger charge is -2.25. The monoisotopic (exact) mass is 577 g/mol. The number of carbonyl (C=O) groups excluding carboxylic acids is 1. The van der Waals surface area contributed by atoms with Gasteiger partial charge in [-0.15, -0.1) is 0 Å². The quantitative estimate of drug-likeness (QED) is 0.0838. The van der Waals surface area contributed by atoms with Crippen molar-refractivity contribution in [3.63, 3.8) is 0 Å². The van der Waals surface area contributed by atoms with Crippen LogP contribution >= 0.6 is 7.75 Å². The zero-order valence-electron chi connectivity index (χ0n) is 21.6. The Kier molecular flexibility index (Phi) is 8.73. The summed E-state index contributed by atoms with van der Waals surface area (Å²) < 4.78 is 37.3. The number of nitrogen functional groups attached to an aromatic ring is 1. The van der Waals surface area contributed by atoms with E-state index in [9.17, 15) is 19.3 Å². The molecule has 1 aromatic carbocycles. The van der Waals surface area contributed by atoms with Crippen LogP contribution in [0.4, 0.5) is 5.95 Å². The Morgan fingerprint density at radius 2 is 2.10 bits per heavy atom. The number of azide groups is 1. The van der Waals surface area contributed by atoms with Crippen LogP contribution in [0.3, 0.4) is 0 Å². The molecule has 0 saturated carbocycles. The molecule has 214 valence electrons. The highest BCUT2D eigenvalue weighted by Gasteiger charge is 2.46. The zero-order chi connectivity index (χ0) is 29.0. The number of benzene rings is 1. The minimum atomic E-state index is -4.28. The van der Waals surface area contributed by atoms with Crippen molar-refractivity contribution in [2.24, 2.45) is 5.11 Å². The maximum absolute atomic E-state index is 13.8. The summed E-state index contributed by atoms with van der Waals surface area (Å²) in [4.78, 5) is 37.7. The number of fused-ring (bicyclic) bond motifs is 1. The first-order valence-electron chi connectivity index (χ1n) is 12.1. The lowest BCUT2D eigenvalue weighted by Crippen LogP contribution is -2.37. The fourth-order valence-corrected chi connectivity index (χ4v) is 5.42. The number of aliphatic hydroxyl groups is 1. The number of esters is 1. The molecule has 0 bridgehead atoms. The number of nitrogens with two attached hydrogens (primary N) is 1. The van der Waals surface area contributed by atoms with Crippen LogP contribution < -0.4 is 20.9 Å². The number of nitrogens with one attached hydrogen (secondary N) is 2. The van der Waals surface area contributed by atoms with Crippen LogP contribution in [0.5, 0.6) is 5.75 Å². The minimum absolute atomic E-state index is 0.0235. The second-order valence-electron chi connectivity index (χ2n) is 9.06. The summed E-state index contributed by atoms with van der Waals surface area (Å²) in [6, 6.07) is 5.78. The van der Waals surface area contributed by atoms with Crippen molar-refractivity contribution in [3.8, 4) is 5.75 Å². The predicted molar refractivity (Wildman–Crippen MR) is 140 cm³/mol. The van der Waals surface area contributed by atoms with Gasteiger partial charge in [-0.2, -0.15) is 10.1 Å². The molecule has 0 aliphatic carbocycles. The second-order valence-corrected chi connectivity index (χ2v) is 10.8. The van der Waals surface area contributed by atoms with E-state index in [0.717, 1.165) is 0 Å². The summed E-state index contributed by atoms with van der Waals surface area (Å²) in [5.74, 6) is -0.697. The average molecular weight is 577 g/mol. The Bertz CT molecular complexity index is 1510. The molecule has 0 radical (unpaired) electrons. The van der Waals surface area contributed by atoms with Crippen molar-refractivity contribution < 1.29 is 33.0 Å². The molecular weight excluding hydrogens is 549 g/mol. The smallest absolute Gasteiger partial charge is 0.459 e. The van der Waals surface area contributed by atoms with Gasteiger partial charge in [-0.3, -0.25) is 23.7 Å². The zero-order valence-corrected chi connectivity index (χ0v) is 22.5. The first-order chi connectivity index (χ1) is 19.0. The largest absolute Gasteiger partial charge is 0.462 e. The van der Waals surface area contributed by atoms with E-state index in [2.05, 4.69) is 30.1 Å². The molecule has 2 aromatic heterocycles. The van der Waals surface area contributed by atoms with E-state index in [1.54, 1.807) is 32.0 Å². The lowest BCUT2D eigenvalue weighted by atomic mass is 10.1. The second kappa shape index (κ2) is 12.0. The molecule has 1 fully saturated rings. The molecule has 3 aromatic rings. The Labute approximate surface area is 226 Å². The number of nitrogens with zero attached hydrogens (tertiary/aromatic N) is 6. The normalized spacial score (nSPS) is 22.9. The first-order valence-corrected chi connectivity index (χ1v) is 13.6. The van der Waals surface area contributed by atoms with Crippen molar-refractivity contribution in [1.29, 1.82) is 0 Å². The number of hydrogen-bond acceptors (Lipinski definition) is 12. The van der Waals surface area contributed by atoms with E-state index in [1.165, 1.54) is 30.0 Å². The third-order valence-corrected chi connectivity index (χ3v) is 7.33. The van der Waals surface area contributed by atoms with Crippen molar-refractivity contribution in [3.05, 3.63) is 57.5 Å². The van der Waals surface area contributed by atoms with Crippen LogP contribution in [0.1, 0.15) is 27.0 Å². The lowest BCUT2D eigenvalue weighted by molar-refractivity contribution is -0.149. The fourth-order valence-electron chi connectivity index (χ4n) is 3.92. The van der Waals surface area contributed by atoms with E-state index in [1.807, 2.05) is 0 Å². The molecule has 1 aliphatic rings. The Hall–Kier alpha value is -3.98. The van der Waals surface area contributed by atoms with Gasteiger partial charge in [-0.1, -0.05) is 23.3 Å². The van der Waals surface area contributed by atoms with Gasteiger partial charge in [-0.05, 0) is 38.4 Å². The van der Waals surface area contributed by atoms with Gasteiger partial charge >= 0.3 is 13.7 Å². The van der Waals surface area contributed by atoms with Gasteiger partial charge < -0.3 is 24.8 Å². The van der Waals surface area contributed by atoms with E-state index in [-0.39, 0.29) is 22.9 Å². The van der Waals surface area contributed by atoms with Crippen molar-refractivity contribution in [2.45, 2.75) is 57.4 Å². The highest BCUT2D eigenvalue weighted by Crippen LogP contribution is 2.46. The van der Waals surface area contributed by atoms with Crippen molar-refractivity contribution in [1.82, 2.24) is 24.6 Å². The summed E-state index contributed by atoms with van der Waals surface area (Å²) in [7, 11) is -4.28. The van der Waals surface area contributed by atoms with Crippen LogP contribution in [0, 0.1) is 0 Å². The molecule has 0 amide bonds. The molecule has 18 heteroatoms. The van der Waals surface area contributed by atoms with E-state index < -0.39 is 62.5 Å². The topological polar surface area (TPSA) is 242 Å².